The summed E-state index contributed by atoms with van der Waals surface area (Å²) in [5, 5.41) is 3.59. The maximum Gasteiger partial charge on any atom is 0.224 e. The molecule has 9 nitrogen and oxygen atoms in total. The van der Waals surface area contributed by atoms with Gasteiger partial charge < -0.3 is 19.5 Å². The minimum atomic E-state index is -1.28. The highest BCUT2D eigenvalue weighted by atomic mass is 19.1. The molecule has 0 saturated heterocycles. The number of amides is 1. The summed E-state index contributed by atoms with van der Waals surface area (Å²) in [6.07, 6.45) is 6.07. The van der Waals surface area contributed by atoms with Crippen LogP contribution < -0.4 is 30.4 Å². The molecule has 1 aliphatic rings. The average molecular weight is 524 g/mol. The largest absolute Gasteiger partial charge is 0.493 e. The van der Waals surface area contributed by atoms with Gasteiger partial charge in [-0.3, -0.25) is 20.6 Å². The number of aromatic nitrogens is 2. The van der Waals surface area contributed by atoms with Crippen LogP contribution in [-0.4, -0.2) is 48.4 Å². The lowest BCUT2D eigenvalue weighted by atomic mass is 9.90. The van der Waals surface area contributed by atoms with Crippen molar-refractivity contribution in [3.63, 3.8) is 0 Å². The van der Waals surface area contributed by atoms with Crippen LogP contribution in [0.25, 0.3) is 10.9 Å². The van der Waals surface area contributed by atoms with Crippen LogP contribution in [0.2, 0.25) is 0 Å². The van der Waals surface area contributed by atoms with Crippen molar-refractivity contribution in [2.75, 3.05) is 19.5 Å². The second-order valence-electron chi connectivity index (χ2n) is 9.21. The third-order valence-corrected chi connectivity index (χ3v) is 6.52. The molecule has 2 heterocycles. The summed E-state index contributed by atoms with van der Waals surface area (Å²) >= 11 is 0. The predicted molar refractivity (Wildman–Crippen MR) is 144 cm³/mol. The highest BCUT2D eigenvalue weighted by molar-refractivity contribution is 5.91. The fraction of sp³-hybridized carbons (Fsp3) is 0.393. The standard InChI is InChI=1S/C28H34FN5O4/c1-5-17(28(21(29)6-2)34-33-18-7-8-18)13-26(35)32-19-9-10-27(31-16-19)38-23-11-12-30-22-15-25(37-4)24(36-3)14-20(22)23/h6,9-12,14-18,21,28,33-34H,2,5,7-8,13H2,1,3-4H3,(H,32,35)/t17-,21?,28-/m0/s1. The van der Waals surface area contributed by atoms with Crippen LogP contribution in [-0.2, 0) is 4.79 Å². The molecule has 0 radical (unpaired) electrons. The Morgan fingerprint density at radius 3 is 2.55 bits per heavy atom. The van der Waals surface area contributed by atoms with Crippen LogP contribution in [0.3, 0.4) is 0 Å². The number of methoxy groups -OCH3 is 2. The minimum absolute atomic E-state index is 0.154. The monoisotopic (exact) mass is 523 g/mol. The van der Waals surface area contributed by atoms with E-state index in [0.29, 0.717) is 46.8 Å². The highest BCUT2D eigenvalue weighted by Crippen LogP contribution is 2.36. The SMILES string of the molecule is C=CC(F)[C@@H](NNC1CC1)[C@@H](CC)CC(=O)Nc1ccc(Oc2ccnc3cc(OC)c(OC)cc23)nc1. The van der Waals surface area contributed by atoms with Crippen LogP contribution in [0.15, 0.2) is 55.4 Å². The van der Waals surface area contributed by atoms with Gasteiger partial charge in [0.2, 0.25) is 11.8 Å². The average Bonchev–Trinajstić information content (AvgIpc) is 3.77. The van der Waals surface area contributed by atoms with Gasteiger partial charge in [0, 0.05) is 36.2 Å². The van der Waals surface area contributed by atoms with Crippen LogP contribution >= 0.6 is 0 Å². The number of halogens is 1. The van der Waals surface area contributed by atoms with Gasteiger partial charge in [0.15, 0.2) is 11.5 Å². The summed E-state index contributed by atoms with van der Waals surface area (Å²) < 4.78 is 31.3. The molecule has 1 amide bonds. The summed E-state index contributed by atoms with van der Waals surface area (Å²) in [6.45, 7) is 5.53. The molecule has 38 heavy (non-hydrogen) atoms. The van der Waals surface area contributed by atoms with Crippen LogP contribution in [0, 0.1) is 5.92 Å². The number of carbonyl (C=O) groups is 1. The zero-order chi connectivity index (χ0) is 27.1. The maximum absolute atomic E-state index is 14.6. The molecule has 4 rings (SSSR count). The lowest BCUT2D eigenvalue weighted by molar-refractivity contribution is -0.117. The number of fused-ring (bicyclic) bond motifs is 1. The number of hydrogen-bond donors (Lipinski definition) is 3. The number of nitrogens with one attached hydrogen (secondary N) is 3. The van der Waals surface area contributed by atoms with Crippen molar-refractivity contribution in [3.05, 3.63) is 55.4 Å². The Labute approximate surface area is 221 Å². The first-order chi connectivity index (χ1) is 18.4. The number of carbonyl (C=O) groups excluding carboxylic acids is 1. The van der Waals surface area contributed by atoms with E-state index in [2.05, 4.69) is 32.7 Å². The normalized spacial score (nSPS) is 15.4. The van der Waals surface area contributed by atoms with E-state index in [4.69, 9.17) is 14.2 Å². The van der Waals surface area contributed by atoms with Crippen LogP contribution in [0.5, 0.6) is 23.1 Å². The summed E-state index contributed by atoms with van der Waals surface area (Å²) in [6, 6.07) is 8.50. The number of ether oxygens (including phenoxy) is 3. The van der Waals surface area contributed by atoms with E-state index in [9.17, 15) is 9.18 Å². The molecule has 3 atom stereocenters. The Morgan fingerprint density at radius 2 is 1.92 bits per heavy atom. The molecule has 1 saturated carbocycles. The number of anilines is 1. The molecule has 1 aromatic carbocycles. The van der Waals surface area contributed by atoms with Gasteiger partial charge in [-0.1, -0.05) is 19.4 Å². The van der Waals surface area contributed by atoms with E-state index in [1.54, 1.807) is 50.7 Å². The van der Waals surface area contributed by atoms with Gasteiger partial charge in [-0.15, -0.1) is 6.58 Å². The quantitative estimate of drug-likeness (QED) is 0.201. The number of nitrogens with zero attached hydrogens (tertiary/aromatic N) is 2. The van der Waals surface area contributed by atoms with Crippen molar-refractivity contribution in [2.24, 2.45) is 5.92 Å². The lowest BCUT2D eigenvalue weighted by Gasteiger charge is -2.28. The van der Waals surface area contributed by atoms with Gasteiger partial charge >= 0.3 is 0 Å². The van der Waals surface area contributed by atoms with Crippen molar-refractivity contribution >= 4 is 22.5 Å². The second-order valence-corrected chi connectivity index (χ2v) is 9.21. The maximum atomic E-state index is 14.6. The molecule has 0 spiro atoms. The second kappa shape index (κ2) is 12.7. The first-order valence-corrected chi connectivity index (χ1v) is 12.7. The molecule has 202 valence electrons. The van der Waals surface area contributed by atoms with E-state index < -0.39 is 12.2 Å². The van der Waals surface area contributed by atoms with E-state index in [0.717, 1.165) is 18.2 Å². The van der Waals surface area contributed by atoms with Gasteiger partial charge in [-0.2, -0.15) is 0 Å². The van der Waals surface area contributed by atoms with E-state index in [1.165, 1.54) is 12.3 Å². The molecule has 0 aliphatic heterocycles. The number of alkyl halides is 1. The van der Waals surface area contributed by atoms with Gasteiger partial charge in [0.05, 0.1) is 37.7 Å². The van der Waals surface area contributed by atoms with E-state index >= 15 is 0 Å². The smallest absolute Gasteiger partial charge is 0.224 e. The highest BCUT2D eigenvalue weighted by Gasteiger charge is 2.31. The third kappa shape index (κ3) is 6.76. The predicted octanol–water partition coefficient (Wildman–Crippen LogP) is 4.94. The number of rotatable bonds is 14. The molecular formula is C28H34FN5O4. The molecule has 0 bridgehead atoms. The Hall–Kier alpha value is -3.76. The van der Waals surface area contributed by atoms with Crippen LogP contribution in [0.1, 0.15) is 32.6 Å². The minimum Gasteiger partial charge on any atom is -0.493 e. The molecular weight excluding hydrogens is 489 g/mol. The van der Waals surface area contributed by atoms with Crippen molar-refractivity contribution in [3.8, 4) is 23.1 Å². The Balaban J connectivity index is 1.40. The van der Waals surface area contributed by atoms with E-state index in [-0.39, 0.29) is 18.2 Å². The number of pyridine rings is 2. The third-order valence-electron chi connectivity index (χ3n) is 6.52. The van der Waals surface area contributed by atoms with E-state index in [1.807, 2.05) is 6.92 Å². The number of hydrazine groups is 1. The van der Waals surface area contributed by atoms with Crippen molar-refractivity contribution in [1.29, 1.82) is 0 Å². The summed E-state index contributed by atoms with van der Waals surface area (Å²) in [7, 11) is 3.13. The van der Waals surface area contributed by atoms with Gasteiger partial charge in [0.25, 0.3) is 0 Å². The molecule has 1 aliphatic carbocycles. The summed E-state index contributed by atoms with van der Waals surface area (Å²) in [5.41, 5.74) is 7.43. The topological polar surface area (TPSA) is 107 Å². The summed E-state index contributed by atoms with van der Waals surface area (Å²) in [4.78, 5) is 21.5. The van der Waals surface area contributed by atoms with Crippen molar-refractivity contribution in [2.45, 2.75) is 50.9 Å². The molecule has 3 aromatic rings. The zero-order valence-electron chi connectivity index (χ0n) is 21.9. The fourth-order valence-electron chi connectivity index (χ4n) is 4.18. The lowest BCUT2D eigenvalue weighted by Crippen LogP contribution is -2.51. The van der Waals surface area contributed by atoms with Crippen LogP contribution in [0.4, 0.5) is 10.1 Å². The van der Waals surface area contributed by atoms with Gasteiger partial charge in [-0.25, -0.2) is 9.37 Å². The summed E-state index contributed by atoms with van der Waals surface area (Å²) in [5.74, 6) is 1.58. The molecule has 1 fully saturated rings. The number of benzene rings is 1. The van der Waals surface area contributed by atoms with Crippen molar-refractivity contribution < 1.29 is 23.4 Å². The first-order valence-electron chi connectivity index (χ1n) is 12.7. The first kappa shape index (κ1) is 27.3. The molecule has 3 N–H and O–H groups in total. The van der Waals surface area contributed by atoms with Gasteiger partial charge in [-0.05, 0) is 37.0 Å². The zero-order valence-corrected chi connectivity index (χ0v) is 21.9. The Bertz CT molecular complexity index is 1250. The van der Waals surface area contributed by atoms with Gasteiger partial charge in [0.1, 0.15) is 11.9 Å². The number of hydrogen-bond acceptors (Lipinski definition) is 8. The Kier molecular flexibility index (Phi) is 9.09. The fourth-order valence-corrected chi connectivity index (χ4v) is 4.18. The molecule has 1 unspecified atom stereocenters. The van der Waals surface area contributed by atoms with Crippen molar-refractivity contribution in [1.82, 2.24) is 20.8 Å². The molecule has 10 heteroatoms. The molecule has 2 aromatic heterocycles. The Morgan fingerprint density at radius 1 is 1.16 bits per heavy atom.